The molecule has 0 bridgehead atoms. The normalized spacial score (nSPS) is 12.5. The zero-order valence-electron chi connectivity index (χ0n) is 9.36. The molecule has 0 aromatic carbocycles. The molecule has 0 aromatic heterocycles. The zero-order valence-corrected chi connectivity index (χ0v) is 9.36. The molecule has 0 saturated heterocycles. The van der Waals surface area contributed by atoms with Gasteiger partial charge in [-0.1, -0.05) is 13.3 Å². The Morgan fingerprint density at radius 3 is 2.00 bits per heavy atom. The van der Waals surface area contributed by atoms with Crippen LogP contribution in [0.25, 0.3) is 0 Å². The van der Waals surface area contributed by atoms with Gasteiger partial charge in [0, 0.05) is 10.8 Å². The summed E-state index contributed by atoms with van der Waals surface area (Å²) in [5, 5.41) is 10.4. The Hall–Kier alpha value is -1.26. The quantitative estimate of drug-likeness (QED) is 0.366. The Balaban J connectivity index is 4.74. The molecular formula is C10H17NO4. The van der Waals surface area contributed by atoms with Crippen LogP contribution >= 0.6 is 0 Å². The Labute approximate surface area is 89.0 Å². The third kappa shape index (κ3) is 4.67. The smallest absolute Gasteiger partial charge is 0.207 e. The van der Waals surface area contributed by atoms with E-state index < -0.39 is 16.8 Å². The largest absolute Gasteiger partial charge is 0.299 e. The van der Waals surface area contributed by atoms with E-state index in [1.165, 1.54) is 13.8 Å². The number of carbonyl (C=O) groups is 2. The van der Waals surface area contributed by atoms with Crippen LogP contribution in [0.3, 0.4) is 0 Å². The Bertz CT molecular complexity index is 248. The van der Waals surface area contributed by atoms with E-state index in [4.69, 9.17) is 0 Å². The van der Waals surface area contributed by atoms with E-state index in [1.54, 1.807) is 0 Å². The summed E-state index contributed by atoms with van der Waals surface area (Å²) >= 11 is 0. The molecule has 0 aliphatic rings. The van der Waals surface area contributed by atoms with Crippen molar-refractivity contribution in [3.63, 3.8) is 0 Å². The van der Waals surface area contributed by atoms with Crippen LogP contribution in [0.15, 0.2) is 0 Å². The molecule has 1 atom stereocenters. The van der Waals surface area contributed by atoms with Crippen molar-refractivity contribution >= 4 is 11.6 Å². The van der Waals surface area contributed by atoms with E-state index in [9.17, 15) is 19.7 Å². The summed E-state index contributed by atoms with van der Waals surface area (Å²) in [6.07, 6.45) is 1.26. The maximum atomic E-state index is 11.2. The molecule has 5 nitrogen and oxygen atoms in total. The third-order valence-electron chi connectivity index (χ3n) is 2.39. The van der Waals surface area contributed by atoms with Crippen molar-refractivity contribution in [2.75, 3.05) is 6.54 Å². The van der Waals surface area contributed by atoms with E-state index >= 15 is 0 Å². The Morgan fingerprint density at radius 2 is 1.73 bits per heavy atom. The number of nitrogens with zero attached hydrogens (tertiary/aromatic N) is 1. The van der Waals surface area contributed by atoms with Gasteiger partial charge >= 0.3 is 0 Å². The maximum absolute atomic E-state index is 11.2. The molecule has 0 aromatic rings. The highest BCUT2D eigenvalue weighted by Gasteiger charge is 2.32. The van der Waals surface area contributed by atoms with Crippen molar-refractivity contribution in [2.45, 2.75) is 33.6 Å². The van der Waals surface area contributed by atoms with E-state index in [0.717, 1.165) is 6.42 Å². The first-order valence-electron chi connectivity index (χ1n) is 5.02. The van der Waals surface area contributed by atoms with Crippen LogP contribution in [0, 0.1) is 22.0 Å². The number of hydrogen-bond acceptors (Lipinski definition) is 4. The minimum absolute atomic E-state index is 0.275. The second-order valence-electron chi connectivity index (χ2n) is 3.76. The molecule has 0 spiro atoms. The predicted octanol–water partition coefficient (Wildman–Crippen LogP) is 1.47. The fraction of sp³-hybridized carbons (Fsp3) is 0.800. The molecule has 0 aliphatic carbocycles. The molecular weight excluding hydrogens is 198 g/mol. The van der Waals surface area contributed by atoms with Crippen LogP contribution in [0.5, 0.6) is 0 Å². The van der Waals surface area contributed by atoms with Gasteiger partial charge in [-0.25, -0.2) is 0 Å². The second kappa shape index (κ2) is 6.27. The first-order chi connectivity index (χ1) is 6.90. The number of carbonyl (C=O) groups excluding carboxylic acids is 2. The van der Waals surface area contributed by atoms with Crippen LogP contribution in [0.2, 0.25) is 0 Å². The topological polar surface area (TPSA) is 77.3 Å². The van der Waals surface area contributed by atoms with E-state index in [1.807, 2.05) is 6.92 Å². The van der Waals surface area contributed by atoms with Crippen LogP contribution in [-0.4, -0.2) is 23.0 Å². The second-order valence-corrected chi connectivity index (χ2v) is 3.76. The van der Waals surface area contributed by atoms with Gasteiger partial charge in [0.25, 0.3) is 0 Å². The summed E-state index contributed by atoms with van der Waals surface area (Å²) in [6, 6.07) is 0. The van der Waals surface area contributed by atoms with Crippen molar-refractivity contribution in [3.8, 4) is 0 Å². The summed E-state index contributed by atoms with van der Waals surface area (Å²) in [5.74, 6) is -1.82. The van der Waals surface area contributed by atoms with Gasteiger partial charge in [-0.15, -0.1) is 0 Å². The van der Waals surface area contributed by atoms with Crippen molar-refractivity contribution < 1.29 is 14.5 Å². The standard InChI is InChI=1S/C10H17NO4/c1-4-5-9(6-11(14)15)10(7(2)12)8(3)13/h9-10H,4-6H2,1-3H3/t9-/m0/s1. The van der Waals surface area contributed by atoms with Gasteiger partial charge in [0.05, 0.1) is 5.92 Å². The summed E-state index contributed by atoms with van der Waals surface area (Å²) in [7, 11) is 0. The molecule has 0 rings (SSSR count). The van der Waals surface area contributed by atoms with E-state index in [0.29, 0.717) is 6.42 Å². The van der Waals surface area contributed by atoms with E-state index in [2.05, 4.69) is 0 Å². The molecule has 0 N–H and O–H groups in total. The average Bonchev–Trinajstić information content (AvgIpc) is 2.01. The van der Waals surface area contributed by atoms with Gasteiger partial charge in [0.2, 0.25) is 6.54 Å². The molecule has 0 radical (unpaired) electrons. The Morgan fingerprint density at radius 1 is 1.27 bits per heavy atom. The van der Waals surface area contributed by atoms with Gasteiger partial charge in [-0.2, -0.15) is 0 Å². The zero-order chi connectivity index (χ0) is 12.0. The van der Waals surface area contributed by atoms with Crippen LogP contribution in [0.1, 0.15) is 33.6 Å². The SMILES string of the molecule is CCC[C@@H](C[N+](=O)[O-])C(C(C)=O)C(C)=O. The molecule has 0 saturated carbocycles. The third-order valence-corrected chi connectivity index (χ3v) is 2.39. The fourth-order valence-electron chi connectivity index (χ4n) is 1.88. The summed E-state index contributed by atoms with van der Waals surface area (Å²) < 4.78 is 0. The first-order valence-corrected chi connectivity index (χ1v) is 5.02. The lowest BCUT2D eigenvalue weighted by atomic mass is 9.83. The van der Waals surface area contributed by atoms with Crippen molar-refractivity contribution in [1.29, 1.82) is 0 Å². The molecule has 0 amide bonds. The molecule has 86 valence electrons. The molecule has 15 heavy (non-hydrogen) atoms. The van der Waals surface area contributed by atoms with Crippen molar-refractivity contribution in [3.05, 3.63) is 10.1 Å². The molecule has 0 fully saturated rings. The first kappa shape index (κ1) is 13.7. The number of ketones is 2. The summed E-state index contributed by atoms with van der Waals surface area (Å²) in [4.78, 5) is 32.4. The fourth-order valence-corrected chi connectivity index (χ4v) is 1.88. The minimum atomic E-state index is -0.810. The van der Waals surface area contributed by atoms with Crippen molar-refractivity contribution in [1.82, 2.24) is 0 Å². The highest BCUT2D eigenvalue weighted by molar-refractivity contribution is 6.00. The lowest BCUT2D eigenvalue weighted by Crippen LogP contribution is -2.32. The highest BCUT2D eigenvalue weighted by Crippen LogP contribution is 2.20. The van der Waals surface area contributed by atoms with Crippen LogP contribution in [-0.2, 0) is 9.59 Å². The lowest BCUT2D eigenvalue weighted by molar-refractivity contribution is -0.489. The number of nitro groups is 1. The van der Waals surface area contributed by atoms with Gasteiger partial charge in [0.15, 0.2) is 0 Å². The molecule has 0 unspecified atom stereocenters. The lowest BCUT2D eigenvalue weighted by Gasteiger charge is -2.18. The monoisotopic (exact) mass is 215 g/mol. The molecule has 0 aliphatic heterocycles. The summed E-state index contributed by atoms with van der Waals surface area (Å²) in [6.45, 7) is 4.20. The highest BCUT2D eigenvalue weighted by atomic mass is 16.6. The van der Waals surface area contributed by atoms with Gasteiger partial charge in [-0.05, 0) is 20.3 Å². The predicted molar refractivity (Wildman–Crippen MR) is 55.1 cm³/mol. The maximum Gasteiger partial charge on any atom is 0.207 e. The molecule has 5 heteroatoms. The van der Waals surface area contributed by atoms with Crippen molar-refractivity contribution in [2.24, 2.45) is 11.8 Å². The number of Topliss-reactive ketones (excluding diaryl/α,β-unsaturated/α-hetero) is 2. The van der Waals surface area contributed by atoms with Gasteiger partial charge in [-0.3, -0.25) is 19.7 Å². The number of rotatable bonds is 7. The van der Waals surface area contributed by atoms with Gasteiger partial charge < -0.3 is 0 Å². The Kier molecular flexibility index (Phi) is 5.74. The van der Waals surface area contributed by atoms with Crippen LogP contribution in [0.4, 0.5) is 0 Å². The minimum Gasteiger partial charge on any atom is -0.299 e. The van der Waals surface area contributed by atoms with Gasteiger partial charge in [0.1, 0.15) is 11.6 Å². The molecule has 0 heterocycles. The summed E-state index contributed by atoms with van der Waals surface area (Å²) in [5.41, 5.74) is 0. The average molecular weight is 215 g/mol. The number of hydrogen-bond donors (Lipinski definition) is 0. The van der Waals surface area contributed by atoms with E-state index in [-0.39, 0.29) is 18.1 Å². The van der Waals surface area contributed by atoms with Crippen LogP contribution < -0.4 is 0 Å².